The monoisotopic (exact) mass is 498 g/mol. The van der Waals surface area contributed by atoms with E-state index in [1.807, 2.05) is 24.8 Å². The van der Waals surface area contributed by atoms with Crippen LogP contribution >= 0.6 is 11.8 Å². The molecule has 186 valence electrons. The number of thioether (sulfide) groups is 1. The Morgan fingerprint density at radius 2 is 2.06 bits per heavy atom. The van der Waals surface area contributed by atoms with Gasteiger partial charge in [0.2, 0.25) is 5.90 Å². The SMILES string of the molecule is CCc1c(CC2=CC=CCC2C2CC=CS2)[nH]c(C(=NC(C)=N)OCC(=O)OC)c1C(=O)C(N)=O. The fourth-order valence-electron chi connectivity index (χ4n) is 4.30. The number of aromatic amines is 1. The molecule has 0 radical (unpaired) electrons. The number of nitrogens with zero attached hydrogens (tertiary/aromatic N) is 1. The summed E-state index contributed by atoms with van der Waals surface area (Å²) < 4.78 is 10.2. The highest BCUT2D eigenvalue weighted by Crippen LogP contribution is 2.39. The van der Waals surface area contributed by atoms with Crippen LogP contribution in [0.3, 0.4) is 0 Å². The van der Waals surface area contributed by atoms with Crippen molar-refractivity contribution in [2.75, 3.05) is 13.7 Å². The van der Waals surface area contributed by atoms with Crippen molar-refractivity contribution in [1.29, 1.82) is 5.41 Å². The van der Waals surface area contributed by atoms with Crippen molar-refractivity contribution in [3.05, 3.63) is 57.8 Å². The van der Waals surface area contributed by atoms with Crippen LogP contribution in [0.5, 0.6) is 0 Å². The number of H-pyrrole nitrogens is 1. The summed E-state index contributed by atoms with van der Waals surface area (Å²) in [5.41, 5.74) is 8.14. The van der Waals surface area contributed by atoms with E-state index in [-0.39, 0.29) is 23.0 Å². The van der Waals surface area contributed by atoms with E-state index >= 15 is 0 Å². The van der Waals surface area contributed by atoms with Crippen LogP contribution in [0.1, 0.15) is 54.0 Å². The van der Waals surface area contributed by atoms with Gasteiger partial charge >= 0.3 is 5.97 Å². The molecule has 1 aliphatic carbocycles. The number of rotatable bonds is 9. The van der Waals surface area contributed by atoms with Crippen LogP contribution in [-0.2, 0) is 31.9 Å². The Morgan fingerprint density at radius 1 is 1.29 bits per heavy atom. The molecule has 2 heterocycles. The molecule has 2 atom stereocenters. The number of nitrogens with two attached hydrogens (primary N) is 1. The Balaban J connectivity index is 2.08. The van der Waals surface area contributed by atoms with E-state index in [0.29, 0.717) is 29.6 Å². The highest BCUT2D eigenvalue weighted by atomic mass is 32.2. The second kappa shape index (κ2) is 11.8. The van der Waals surface area contributed by atoms with E-state index in [0.717, 1.165) is 18.5 Å². The summed E-state index contributed by atoms with van der Waals surface area (Å²) in [6.45, 7) is 2.83. The number of allylic oxidation sites excluding steroid dienone is 5. The highest BCUT2D eigenvalue weighted by Gasteiger charge is 2.32. The number of primary amides is 1. The van der Waals surface area contributed by atoms with Crippen molar-refractivity contribution < 1.29 is 23.9 Å². The van der Waals surface area contributed by atoms with Crippen molar-refractivity contribution in [3.8, 4) is 0 Å². The molecule has 2 aliphatic rings. The number of aliphatic imine (C=N–C) groups is 1. The van der Waals surface area contributed by atoms with Crippen LogP contribution in [-0.4, -0.2) is 53.3 Å². The minimum atomic E-state index is -1.11. The number of ether oxygens (including phenoxy) is 2. The number of esters is 1. The van der Waals surface area contributed by atoms with Crippen molar-refractivity contribution in [3.63, 3.8) is 0 Å². The van der Waals surface area contributed by atoms with Gasteiger partial charge in [-0.1, -0.05) is 36.8 Å². The number of aromatic nitrogens is 1. The minimum Gasteiger partial charge on any atom is -0.466 e. The number of amides is 1. The van der Waals surface area contributed by atoms with E-state index in [1.54, 1.807) is 0 Å². The molecular weight excluding hydrogens is 468 g/mol. The van der Waals surface area contributed by atoms with E-state index in [9.17, 15) is 14.4 Å². The van der Waals surface area contributed by atoms with Gasteiger partial charge in [0.1, 0.15) is 11.5 Å². The van der Waals surface area contributed by atoms with Crippen LogP contribution in [0.2, 0.25) is 0 Å². The van der Waals surface area contributed by atoms with Crippen molar-refractivity contribution >= 4 is 41.2 Å². The fourth-order valence-corrected chi connectivity index (χ4v) is 5.42. The van der Waals surface area contributed by atoms with Gasteiger partial charge in [-0.25, -0.2) is 4.79 Å². The molecule has 1 amide bonds. The van der Waals surface area contributed by atoms with E-state index in [1.165, 1.54) is 19.6 Å². The third kappa shape index (κ3) is 6.19. The Kier molecular flexibility index (Phi) is 8.86. The number of carbonyl (C=O) groups is 3. The molecule has 0 bridgehead atoms. The van der Waals surface area contributed by atoms with Gasteiger partial charge in [-0.2, -0.15) is 4.99 Å². The molecule has 2 unspecified atom stereocenters. The molecule has 0 spiro atoms. The van der Waals surface area contributed by atoms with Gasteiger partial charge in [0.25, 0.3) is 11.7 Å². The van der Waals surface area contributed by atoms with Crippen LogP contribution in [0.25, 0.3) is 0 Å². The third-order valence-corrected chi connectivity index (χ3v) is 7.11. The first-order valence-corrected chi connectivity index (χ1v) is 12.3. The minimum absolute atomic E-state index is 0.0558. The quantitative estimate of drug-likeness (QED) is 0.156. The standard InChI is InChI=1S/C25H30N4O5S/c1-4-16-18(12-15-8-5-6-9-17(15)19-10-7-11-35-19)29-22(21(16)23(31)24(27)32)25(28-14(2)26)34-13-20(30)33-3/h5-8,11,17,19,26,29H,4,9-10,12-13H2,1-3H3,(H2,27,32). The molecule has 1 aromatic heterocycles. The summed E-state index contributed by atoms with van der Waals surface area (Å²) in [5, 5.41) is 10.4. The number of hydrogen-bond donors (Lipinski definition) is 3. The molecule has 9 nitrogen and oxygen atoms in total. The number of nitrogens with one attached hydrogen (secondary N) is 2. The van der Waals surface area contributed by atoms with Gasteiger partial charge in [0.05, 0.1) is 12.7 Å². The Bertz CT molecular complexity index is 1140. The molecule has 0 aromatic carbocycles. The second-order valence-corrected chi connectivity index (χ2v) is 9.37. The molecule has 1 aliphatic heterocycles. The van der Waals surface area contributed by atoms with Crippen LogP contribution < -0.4 is 5.73 Å². The average molecular weight is 499 g/mol. The molecule has 35 heavy (non-hydrogen) atoms. The zero-order valence-corrected chi connectivity index (χ0v) is 20.9. The van der Waals surface area contributed by atoms with Crippen LogP contribution in [0.4, 0.5) is 0 Å². The predicted octanol–water partition coefficient (Wildman–Crippen LogP) is 3.24. The Labute approximate surface area is 208 Å². The van der Waals surface area contributed by atoms with Gasteiger partial charge in [0.15, 0.2) is 6.61 Å². The highest BCUT2D eigenvalue weighted by molar-refractivity contribution is 8.03. The largest absolute Gasteiger partial charge is 0.466 e. The first kappa shape index (κ1) is 26.2. The molecule has 0 saturated carbocycles. The third-order valence-electron chi connectivity index (χ3n) is 5.89. The summed E-state index contributed by atoms with van der Waals surface area (Å²) in [5.74, 6) is -2.59. The topological polar surface area (TPSA) is 148 Å². The van der Waals surface area contributed by atoms with Crippen LogP contribution in [0.15, 0.2) is 40.3 Å². The van der Waals surface area contributed by atoms with Gasteiger partial charge in [-0.15, -0.1) is 11.8 Å². The lowest BCUT2D eigenvalue weighted by molar-refractivity contribution is -0.143. The average Bonchev–Trinajstić information content (AvgIpc) is 3.49. The smallest absolute Gasteiger partial charge is 0.343 e. The van der Waals surface area contributed by atoms with Gasteiger partial charge in [0, 0.05) is 17.4 Å². The molecular formula is C25H30N4O5S. The number of amidine groups is 1. The molecule has 4 N–H and O–H groups in total. The molecule has 10 heteroatoms. The molecule has 1 aromatic rings. The fraction of sp³-hybridized carbons (Fsp3) is 0.400. The Hall–Kier alpha value is -3.40. The molecule has 0 fully saturated rings. The van der Waals surface area contributed by atoms with E-state index in [2.05, 4.69) is 38.3 Å². The van der Waals surface area contributed by atoms with Crippen molar-refractivity contribution in [1.82, 2.24) is 4.98 Å². The summed E-state index contributed by atoms with van der Waals surface area (Å²) >= 11 is 1.83. The number of methoxy groups -OCH3 is 1. The lowest BCUT2D eigenvalue weighted by Gasteiger charge is -2.27. The number of ketones is 1. The summed E-state index contributed by atoms with van der Waals surface area (Å²) in [4.78, 5) is 43.8. The van der Waals surface area contributed by atoms with Gasteiger partial charge < -0.3 is 20.2 Å². The maximum absolute atomic E-state index is 12.9. The Morgan fingerprint density at radius 3 is 2.66 bits per heavy atom. The maximum Gasteiger partial charge on any atom is 0.343 e. The zero-order valence-electron chi connectivity index (χ0n) is 20.1. The number of hydrogen-bond acceptors (Lipinski definition) is 7. The maximum atomic E-state index is 12.9. The summed E-state index contributed by atoms with van der Waals surface area (Å²) in [7, 11) is 1.22. The normalized spacial score (nSPS) is 19.4. The zero-order chi connectivity index (χ0) is 25.5. The predicted molar refractivity (Wildman–Crippen MR) is 136 cm³/mol. The first-order valence-electron chi connectivity index (χ1n) is 11.3. The van der Waals surface area contributed by atoms with E-state index in [4.69, 9.17) is 15.9 Å². The molecule has 3 rings (SSSR count). The summed E-state index contributed by atoms with van der Waals surface area (Å²) in [6, 6.07) is 0. The molecule has 0 saturated heterocycles. The lowest BCUT2D eigenvalue weighted by atomic mass is 9.84. The number of Topliss-reactive ketones (excluding diaryl/α,β-unsaturated/α-hetero) is 1. The van der Waals surface area contributed by atoms with Crippen molar-refractivity contribution in [2.45, 2.75) is 44.8 Å². The van der Waals surface area contributed by atoms with E-state index < -0.39 is 24.3 Å². The lowest BCUT2D eigenvalue weighted by Crippen LogP contribution is -2.27. The summed E-state index contributed by atoms with van der Waals surface area (Å²) in [6.07, 6.45) is 11.4. The van der Waals surface area contributed by atoms with Crippen LogP contribution in [0, 0.1) is 11.3 Å². The van der Waals surface area contributed by atoms with Crippen molar-refractivity contribution in [2.24, 2.45) is 16.6 Å². The second-order valence-electron chi connectivity index (χ2n) is 8.22. The van der Waals surface area contributed by atoms with Gasteiger partial charge in [-0.3, -0.25) is 15.0 Å². The van der Waals surface area contributed by atoms with Gasteiger partial charge in [-0.05, 0) is 43.1 Å². The number of carbonyl (C=O) groups excluding carboxylic acids is 3. The first-order chi connectivity index (χ1) is 16.8.